The van der Waals surface area contributed by atoms with Crippen LogP contribution in [0.15, 0.2) is 77.7 Å². The number of halogens is 1. The molecule has 8 nitrogen and oxygen atoms in total. The van der Waals surface area contributed by atoms with Crippen molar-refractivity contribution in [3.05, 3.63) is 89.7 Å². The van der Waals surface area contributed by atoms with E-state index in [-0.39, 0.29) is 23.0 Å². The van der Waals surface area contributed by atoms with Crippen LogP contribution in [-0.4, -0.2) is 51.4 Å². The number of anilines is 1. The van der Waals surface area contributed by atoms with Gasteiger partial charge in [-0.2, -0.15) is 0 Å². The maximum absolute atomic E-state index is 14.1. The van der Waals surface area contributed by atoms with E-state index in [1.54, 1.807) is 37.3 Å². The molecule has 0 bridgehead atoms. The van der Waals surface area contributed by atoms with Crippen molar-refractivity contribution < 1.29 is 27.1 Å². The van der Waals surface area contributed by atoms with Gasteiger partial charge in [-0.1, -0.05) is 50.1 Å². The van der Waals surface area contributed by atoms with Crippen LogP contribution in [0, 0.1) is 12.7 Å². The van der Waals surface area contributed by atoms with Crippen LogP contribution in [0.5, 0.6) is 5.75 Å². The van der Waals surface area contributed by atoms with E-state index in [0.717, 1.165) is 34.8 Å². The van der Waals surface area contributed by atoms with E-state index in [2.05, 4.69) is 5.32 Å². The van der Waals surface area contributed by atoms with Crippen molar-refractivity contribution in [3.63, 3.8) is 0 Å². The van der Waals surface area contributed by atoms with Crippen molar-refractivity contribution in [2.45, 2.75) is 57.5 Å². The first-order valence-corrected chi connectivity index (χ1v) is 15.1. The molecule has 1 N–H and O–H groups in total. The van der Waals surface area contributed by atoms with Crippen LogP contribution in [0.3, 0.4) is 0 Å². The van der Waals surface area contributed by atoms with Crippen molar-refractivity contribution in [3.8, 4) is 5.75 Å². The first kappa shape index (κ1) is 31.6. The Morgan fingerprint density at radius 1 is 1.00 bits per heavy atom. The summed E-state index contributed by atoms with van der Waals surface area (Å²) in [6.45, 7) is 5.58. The Morgan fingerprint density at radius 3 is 2.29 bits per heavy atom. The van der Waals surface area contributed by atoms with E-state index in [0.29, 0.717) is 24.3 Å². The van der Waals surface area contributed by atoms with Gasteiger partial charge in [-0.05, 0) is 73.9 Å². The highest BCUT2D eigenvalue weighted by Crippen LogP contribution is 2.26. The molecule has 0 aliphatic rings. The predicted molar refractivity (Wildman–Crippen MR) is 158 cm³/mol. The summed E-state index contributed by atoms with van der Waals surface area (Å²) in [5.41, 5.74) is 1.71. The highest BCUT2D eigenvalue weighted by molar-refractivity contribution is 7.92. The second kappa shape index (κ2) is 14.6. The Kier molecular flexibility index (Phi) is 11.3. The monoisotopic (exact) mass is 583 g/mol. The van der Waals surface area contributed by atoms with Gasteiger partial charge in [0.15, 0.2) is 0 Å². The Labute approximate surface area is 242 Å². The molecule has 0 fully saturated rings. The number of benzene rings is 3. The summed E-state index contributed by atoms with van der Waals surface area (Å²) < 4.78 is 47.8. The maximum atomic E-state index is 14.1. The molecule has 220 valence electrons. The molecular weight excluding hydrogens is 545 g/mol. The van der Waals surface area contributed by atoms with Crippen LogP contribution in [0.1, 0.15) is 44.2 Å². The summed E-state index contributed by atoms with van der Waals surface area (Å²) in [7, 11) is -2.69. The number of methoxy groups -OCH3 is 1. The number of hydrogen-bond acceptors (Lipinski definition) is 5. The molecule has 0 aliphatic heterocycles. The van der Waals surface area contributed by atoms with Gasteiger partial charge < -0.3 is 15.0 Å². The van der Waals surface area contributed by atoms with E-state index in [1.165, 1.54) is 36.3 Å². The van der Waals surface area contributed by atoms with Crippen molar-refractivity contribution in [1.29, 1.82) is 0 Å². The molecule has 0 aromatic heterocycles. The summed E-state index contributed by atoms with van der Waals surface area (Å²) in [4.78, 5) is 28.7. The number of nitrogens with one attached hydrogen (secondary N) is 1. The van der Waals surface area contributed by atoms with Crippen molar-refractivity contribution in [2.75, 3.05) is 24.5 Å². The molecule has 0 aliphatic carbocycles. The van der Waals surface area contributed by atoms with Crippen molar-refractivity contribution in [1.82, 2.24) is 10.2 Å². The lowest BCUT2D eigenvalue weighted by molar-refractivity contribution is -0.140. The number of aryl methyl sites for hydroxylation is 1. The molecule has 0 heterocycles. The zero-order valence-corrected chi connectivity index (χ0v) is 24.8. The van der Waals surface area contributed by atoms with E-state index >= 15 is 0 Å². The molecule has 1 unspecified atom stereocenters. The van der Waals surface area contributed by atoms with Crippen LogP contribution in [0.4, 0.5) is 10.1 Å². The lowest BCUT2D eigenvalue weighted by Gasteiger charge is -2.33. The molecule has 1 atom stereocenters. The average molecular weight is 584 g/mol. The minimum Gasteiger partial charge on any atom is -0.497 e. The van der Waals surface area contributed by atoms with Crippen LogP contribution < -0.4 is 14.4 Å². The number of ether oxygens (including phenoxy) is 1. The molecule has 0 saturated carbocycles. The predicted octanol–water partition coefficient (Wildman–Crippen LogP) is 5.06. The quantitative estimate of drug-likeness (QED) is 0.268. The fourth-order valence-electron chi connectivity index (χ4n) is 4.37. The Morgan fingerprint density at radius 2 is 1.68 bits per heavy atom. The van der Waals surface area contributed by atoms with Gasteiger partial charge in [0, 0.05) is 13.1 Å². The summed E-state index contributed by atoms with van der Waals surface area (Å²) >= 11 is 0. The normalized spacial score (nSPS) is 11.9. The van der Waals surface area contributed by atoms with Gasteiger partial charge in [-0.15, -0.1) is 0 Å². The lowest BCUT2D eigenvalue weighted by atomic mass is 10.1. The number of carbonyl (C=O) groups excluding carboxylic acids is 2. The molecule has 3 rings (SSSR count). The van der Waals surface area contributed by atoms with E-state index in [4.69, 9.17) is 4.74 Å². The van der Waals surface area contributed by atoms with Crippen LogP contribution in [0.2, 0.25) is 0 Å². The Bertz CT molecular complexity index is 1410. The molecule has 41 heavy (non-hydrogen) atoms. The molecule has 0 spiro atoms. The number of carbonyl (C=O) groups is 2. The minimum atomic E-state index is -4.22. The molecule has 2 amide bonds. The van der Waals surface area contributed by atoms with Crippen LogP contribution >= 0.6 is 0 Å². The van der Waals surface area contributed by atoms with E-state index in [9.17, 15) is 22.4 Å². The van der Waals surface area contributed by atoms with E-state index < -0.39 is 34.3 Å². The number of sulfonamides is 1. The Balaban J connectivity index is 2.04. The number of amides is 2. The smallest absolute Gasteiger partial charge is 0.264 e. The third-order valence-electron chi connectivity index (χ3n) is 6.71. The molecule has 0 saturated heterocycles. The SMILES string of the molecule is CCCCNC(=O)C(CC)N(Cc1cccc(OC)c1)C(=O)CN(c1ccc(F)cc1)S(=O)(=O)c1ccc(C)cc1. The minimum absolute atomic E-state index is 0.0103. The number of unbranched alkanes of at least 4 members (excludes halogenated alkanes) is 1. The lowest BCUT2D eigenvalue weighted by Crippen LogP contribution is -2.52. The first-order valence-electron chi connectivity index (χ1n) is 13.7. The zero-order valence-electron chi connectivity index (χ0n) is 24.0. The zero-order chi connectivity index (χ0) is 30.0. The van der Waals surface area contributed by atoms with E-state index in [1.807, 2.05) is 19.9 Å². The van der Waals surface area contributed by atoms with Gasteiger partial charge in [0.05, 0.1) is 17.7 Å². The maximum Gasteiger partial charge on any atom is 0.264 e. The molecule has 10 heteroatoms. The molecule has 0 radical (unpaired) electrons. The third-order valence-corrected chi connectivity index (χ3v) is 8.49. The average Bonchev–Trinajstić information content (AvgIpc) is 2.96. The van der Waals surface area contributed by atoms with Crippen LogP contribution in [0.25, 0.3) is 0 Å². The van der Waals surface area contributed by atoms with Gasteiger partial charge in [-0.3, -0.25) is 13.9 Å². The van der Waals surface area contributed by atoms with Gasteiger partial charge in [-0.25, -0.2) is 12.8 Å². The standard InChI is InChI=1S/C31H38FN3O5S/c1-5-7-19-33-31(37)29(6-2)34(21-24-9-8-10-27(20-24)40-4)30(36)22-35(26-15-13-25(32)14-16-26)41(38,39)28-17-11-23(3)12-18-28/h8-18,20,29H,5-7,19,21-22H2,1-4H3,(H,33,37). The summed E-state index contributed by atoms with van der Waals surface area (Å²) in [6, 6.07) is 17.5. The van der Waals surface area contributed by atoms with Gasteiger partial charge in [0.2, 0.25) is 11.8 Å². The fraction of sp³-hybridized carbons (Fsp3) is 0.355. The van der Waals surface area contributed by atoms with Crippen LogP contribution in [-0.2, 0) is 26.2 Å². The fourth-order valence-corrected chi connectivity index (χ4v) is 5.78. The second-order valence-corrected chi connectivity index (χ2v) is 11.6. The van der Waals surface area contributed by atoms with Gasteiger partial charge >= 0.3 is 0 Å². The Hall–Kier alpha value is -3.92. The molecule has 3 aromatic rings. The topological polar surface area (TPSA) is 96.0 Å². The number of rotatable bonds is 14. The highest BCUT2D eigenvalue weighted by Gasteiger charge is 2.33. The molecule has 3 aromatic carbocycles. The molecular formula is C31H38FN3O5S. The van der Waals surface area contributed by atoms with Crippen molar-refractivity contribution >= 4 is 27.5 Å². The first-order chi connectivity index (χ1) is 19.6. The largest absolute Gasteiger partial charge is 0.497 e. The van der Waals surface area contributed by atoms with Gasteiger partial charge in [0.1, 0.15) is 24.2 Å². The second-order valence-electron chi connectivity index (χ2n) is 9.74. The highest BCUT2D eigenvalue weighted by atomic mass is 32.2. The van der Waals surface area contributed by atoms with Crippen molar-refractivity contribution in [2.24, 2.45) is 0 Å². The summed E-state index contributed by atoms with van der Waals surface area (Å²) in [5.74, 6) is -0.843. The van der Waals surface area contributed by atoms with Gasteiger partial charge in [0.25, 0.3) is 10.0 Å². The number of hydrogen-bond donors (Lipinski definition) is 1. The number of nitrogens with zero attached hydrogens (tertiary/aromatic N) is 2. The summed E-state index contributed by atoms with van der Waals surface area (Å²) in [6.07, 6.45) is 2.00. The third kappa shape index (κ3) is 8.29. The summed E-state index contributed by atoms with van der Waals surface area (Å²) in [5, 5.41) is 2.90.